The topological polar surface area (TPSA) is 67.2 Å². The Bertz CT molecular complexity index is 83.4. The van der Waals surface area contributed by atoms with E-state index < -0.39 is 6.17 Å². The molecule has 8 heavy (non-hydrogen) atoms. The summed E-state index contributed by atoms with van der Waals surface area (Å²) in [4.78, 5) is 10.4. The molecule has 0 aliphatic rings. The van der Waals surface area contributed by atoms with E-state index >= 15 is 0 Å². The van der Waals surface area contributed by atoms with E-state index in [1.807, 2.05) is 0 Å². The molecule has 0 aliphatic heterocycles. The molecule has 0 rings (SSSR count). The Morgan fingerprint density at radius 3 is 2.25 bits per heavy atom. The van der Waals surface area contributed by atoms with Gasteiger partial charge in [-0.2, -0.15) is 0 Å². The average Bonchev–Trinajstić information content (AvgIpc) is 1.84. The highest BCUT2D eigenvalue weighted by Gasteiger charge is 2.05. The molecule has 0 bridgehead atoms. The summed E-state index contributed by atoms with van der Waals surface area (Å²) >= 11 is 0. The number of nitrogens with two attached hydrogens (primary N) is 1. The van der Waals surface area contributed by atoms with Gasteiger partial charge >= 0.3 is 0 Å². The number of carbonyl (C=O) groups excluding carboxylic acids is 1. The van der Waals surface area contributed by atoms with Gasteiger partial charge in [-0.25, -0.2) is 0 Å². The number of carbonyl (C=O) groups is 1. The van der Waals surface area contributed by atoms with Gasteiger partial charge in [-0.15, -0.1) is 0 Å². The predicted octanol–water partition coefficient (Wildman–Crippen LogP) is -1.76. The zero-order valence-electron chi connectivity index (χ0n) is 5.06. The molecule has 1 unspecified atom stereocenters. The van der Waals surface area contributed by atoms with E-state index in [2.05, 4.69) is 10.6 Å². The summed E-state index contributed by atoms with van der Waals surface area (Å²) in [5.41, 5.74) is 5.20. The highest BCUT2D eigenvalue weighted by Crippen LogP contribution is 1.65. The van der Waals surface area contributed by atoms with Gasteiger partial charge in [0.1, 0.15) is 6.17 Å². The molecular formula is C4H11N3O. The van der Waals surface area contributed by atoms with Gasteiger partial charge in [-0.3, -0.25) is 10.1 Å². The molecular weight excluding hydrogens is 106 g/mol. The van der Waals surface area contributed by atoms with Crippen molar-refractivity contribution >= 4 is 5.91 Å². The van der Waals surface area contributed by atoms with Gasteiger partial charge in [0.05, 0.1) is 0 Å². The molecule has 4 heteroatoms. The minimum atomic E-state index is -0.583. The molecule has 0 aromatic heterocycles. The zero-order chi connectivity index (χ0) is 6.57. The van der Waals surface area contributed by atoms with Crippen LogP contribution in [0.5, 0.6) is 0 Å². The van der Waals surface area contributed by atoms with Crippen LogP contribution in [0.3, 0.4) is 0 Å². The van der Waals surface area contributed by atoms with Crippen molar-refractivity contribution in [1.29, 1.82) is 0 Å². The molecule has 1 amide bonds. The average molecular weight is 117 g/mol. The normalized spacial score (nSPS) is 12.9. The Balaban J connectivity index is 3.46. The first-order chi connectivity index (χ1) is 3.72. The Labute approximate surface area is 48.4 Å². The number of hydrogen-bond acceptors (Lipinski definition) is 3. The van der Waals surface area contributed by atoms with Gasteiger partial charge in [0.15, 0.2) is 0 Å². The van der Waals surface area contributed by atoms with Crippen LogP contribution in [0.15, 0.2) is 0 Å². The summed E-state index contributed by atoms with van der Waals surface area (Å²) in [6.45, 7) is 0. The number of hydrogen-bond donors (Lipinski definition) is 3. The van der Waals surface area contributed by atoms with Crippen molar-refractivity contribution in [2.45, 2.75) is 6.17 Å². The lowest BCUT2D eigenvalue weighted by molar-refractivity contribution is -0.122. The third kappa shape index (κ3) is 1.90. The summed E-state index contributed by atoms with van der Waals surface area (Å²) in [5.74, 6) is -0.201. The predicted molar refractivity (Wildman–Crippen MR) is 31.1 cm³/mol. The van der Waals surface area contributed by atoms with E-state index in [0.29, 0.717) is 0 Å². The number of nitrogens with one attached hydrogen (secondary N) is 2. The summed E-state index contributed by atoms with van der Waals surface area (Å²) in [6, 6.07) is 0. The van der Waals surface area contributed by atoms with Crippen molar-refractivity contribution in [2.24, 2.45) is 5.73 Å². The van der Waals surface area contributed by atoms with Crippen molar-refractivity contribution in [3.63, 3.8) is 0 Å². The molecule has 0 aliphatic carbocycles. The van der Waals surface area contributed by atoms with Crippen LogP contribution in [-0.2, 0) is 4.79 Å². The molecule has 0 spiro atoms. The van der Waals surface area contributed by atoms with Gasteiger partial charge in [-0.1, -0.05) is 0 Å². The Morgan fingerprint density at radius 1 is 1.62 bits per heavy atom. The Hall–Kier alpha value is -0.610. The lowest BCUT2D eigenvalue weighted by atomic mass is 10.5. The summed E-state index contributed by atoms with van der Waals surface area (Å²) in [5, 5.41) is 4.97. The fraction of sp³-hybridized carbons (Fsp3) is 0.750. The maximum atomic E-state index is 10.4. The van der Waals surface area contributed by atoms with Crippen LogP contribution in [0.2, 0.25) is 0 Å². The molecule has 0 saturated carbocycles. The van der Waals surface area contributed by atoms with E-state index in [-0.39, 0.29) is 5.91 Å². The van der Waals surface area contributed by atoms with Crippen LogP contribution in [0, 0.1) is 0 Å². The van der Waals surface area contributed by atoms with Crippen LogP contribution in [0.25, 0.3) is 0 Å². The number of likely N-dealkylation sites (N-methyl/N-ethyl adjacent to an activating group) is 2. The maximum Gasteiger partial charge on any atom is 0.251 e. The largest absolute Gasteiger partial charge is 0.357 e. The van der Waals surface area contributed by atoms with E-state index in [1.54, 1.807) is 14.1 Å². The molecule has 48 valence electrons. The second-order valence-electron chi connectivity index (χ2n) is 1.38. The second-order valence-corrected chi connectivity index (χ2v) is 1.38. The Kier molecular flexibility index (Phi) is 3.14. The van der Waals surface area contributed by atoms with E-state index in [1.165, 1.54) is 0 Å². The third-order valence-electron chi connectivity index (χ3n) is 0.840. The number of rotatable bonds is 2. The fourth-order valence-corrected chi connectivity index (χ4v) is 0.287. The zero-order valence-corrected chi connectivity index (χ0v) is 5.06. The van der Waals surface area contributed by atoms with Crippen molar-refractivity contribution in [3.05, 3.63) is 0 Å². The molecule has 0 aromatic carbocycles. The van der Waals surface area contributed by atoms with Crippen LogP contribution in [0.1, 0.15) is 0 Å². The molecule has 0 heterocycles. The lowest BCUT2D eigenvalue weighted by Gasteiger charge is -2.05. The minimum absolute atomic E-state index is 0.201. The van der Waals surface area contributed by atoms with Crippen molar-refractivity contribution < 1.29 is 4.79 Å². The van der Waals surface area contributed by atoms with Crippen molar-refractivity contribution in [1.82, 2.24) is 10.6 Å². The van der Waals surface area contributed by atoms with Crippen LogP contribution in [0.4, 0.5) is 0 Å². The van der Waals surface area contributed by atoms with Crippen LogP contribution in [-0.4, -0.2) is 26.2 Å². The summed E-state index contributed by atoms with van der Waals surface area (Å²) in [7, 11) is 3.17. The minimum Gasteiger partial charge on any atom is -0.357 e. The highest BCUT2D eigenvalue weighted by atomic mass is 16.2. The van der Waals surface area contributed by atoms with Gasteiger partial charge in [0.2, 0.25) is 0 Å². The van der Waals surface area contributed by atoms with Gasteiger partial charge in [-0.05, 0) is 7.05 Å². The van der Waals surface area contributed by atoms with Crippen LogP contribution >= 0.6 is 0 Å². The Morgan fingerprint density at radius 2 is 2.12 bits per heavy atom. The standard InChI is InChI=1S/C4H11N3O/c1-6-3(5)4(8)7-2/h3,6H,5H2,1-2H3,(H,7,8). The van der Waals surface area contributed by atoms with Gasteiger partial charge in [0.25, 0.3) is 5.91 Å². The second kappa shape index (κ2) is 3.40. The van der Waals surface area contributed by atoms with Crippen molar-refractivity contribution in [2.75, 3.05) is 14.1 Å². The van der Waals surface area contributed by atoms with Crippen LogP contribution < -0.4 is 16.4 Å². The van der Waals surface area contributed by atoms with Crippen molar-refractivity contribution in [3.8, 4) is 0 Å². The van der Waals surface area contributed by atoms with E-state index in [0.717, 1.165) is 0 Å². The lowest BCUT2D eigenvalue weighted by Crippen LogP contribution is -2.47. The molecule has 4 nitrogen and oxygen atoms in total. The molecule has 1 atom stereocenters. The molecule has 0 radical (unpaired) electrons. The van der Waals surface area contributed by atoms with E-state index in [4.69, 9.17) is 5.73 Å². The fourth-order valence-electron chi connectivity index (χ4n) is 0.287. The van der Waals surface area contributed by atoms with Gasteiger partial charge in [0, 0.05) is 7.05 Å². The molecule has 0 fully saturated rings. The third-order valence-corrected chi connectivity index (χ3v) is 0.840. The SMILES string of the molecule is CNC(=O)C(N)NC. The first-order valence-corrected chi connectivity index (χ1v) is 2.36. The maximum absolute atomic E-state index is 10.4. The molecule has 4 N–H and O–H groups in total. The van der Waals surface area contributed by atoms with Gasteiger partial charge < -0.3 is 11.1 Å². The summed E-state index contributed by atoms with van der Waals surface area (Å²) in [6.07, 6.45) is -0.583. The summed E-state index contributed by atoms with van der Waals surface area (Å²) < 4.78 is 0. The molecule has 0 aromatic rings. The highest BCUT2D eigenvalue weighted by molar-refractivity contribution is 5.80. The quantitative estimate of drug-likeness (QED) is 0.375. The monoisotopic (exact) mass is 117 g/mol. The first-order valence-electron chi connectivity index (χ1n) is 2.36. The smallest absolute Gasteiger partial charge is 0.251 e. The number of amides is 1. The molecule has 0 saturated heterocycles. The first kappa shape index (κ1) is 7.39. The van der Waals surface area contributed by atoms with E-state index in [9.17, 15) is 4.79 Å².